The largest absolute Gasteiger partial charge is 0.334 e. The lowest BCUT2D eigenvalue weighted by Crippen LogP contribution is -2.36. The maximum absolute atomic E-state index is 12.2. The lowest BCUT2D eigenvalue weighted by atomic mass is 10.2. The van der Waals surface area contributed by atoms with Gasteiger partial charge >= 0.3 is 6.03 Å². The summed E-state index contributed by atoms with van der Waals surface area (Å²) < 4.78 is 1.87. The molecule has 2 amide bonds. The highest BCUT2D eigenvalue weighted by Gasteiger charge is 2.09. The number of carbonyl (C=O) groups is 1. The van der Waals surface area contributed by atoms with Crippen molar-refractivity contribution in [2.75, 3.05) is 7.05 Å². The number of nitrogens with one attached hydrogen (secondary N) is 1. The maximum atomic E-state index is 12.2. The van der Waals surface area contributed by atoms with Crippen LogP contribution < -0.4 is 5.32 Å². The van der Waals surface area contributed by atoms with Gasteiger partial charge in [0.15, 0.2) is 0 Å². The molecule has 0 aliphatic rings. The van der Waals surface area contributed by atoms with E-state index in [1.165, 1.54) is 5.56 Å². The van der Waals surface area contributed by atoms with Crippen LogP contribution in [0.3, 0.4) is 0 Å². The van der Waals surface area contributed by atoms with Gasteiger partial charge in [0.05, 0.1) is 25.0 Å². The third kappa shape index (κ3) is 4.91. The van der Waals surface area contributed by atoms with E-state index < -0.39 is 0 Å². The molecular weight excluding hydrogens is 314 g/mol. The molecule has 0 aliphatic carbocycles. The van der Waals surface area contributed by atoms with Gasteiger partial charge in [0, 0.05) is 31.5 Å². The molecule has 6 nitrogen and oxygen atoms in total. The van der Waals surface area contributed by atoms with Gasteiger partial charge in [-0.1, -0.05) is 36.4 Å². The van der Waals surface area contributed by atoms with Crippen molar-refractivity contribution in [1.29, 1.82) is 0 Å². The van der Waals surface area contributed by atoms with Gasteiger partial charge in [-0.05, 0) is 17.7 Å². The highest BCUT2D eigenvalue weighted by Crippen LogP contribution is 2.04. The zero-order chi connectivity index (χ0) is 17.5. The highest BCUT2D eigenvalue weighted by atomic mass is 16.2. The zero-order valence-corrected chi connectivity index (χ0v) is 14.2. The third-order valence-corrected chi connectivity index (χ3v) is 3.79. The number of rotatable bonds is 6. The van der Waals surface area contributed by atoms with E-state index in [1.807, 2.05) is 47.3 Å². The summed E-state index contributed by atoms with van der Waals surface area (Å²) in [5.74, 6) is 0. The van der Waals surface area contributed by atoms with Crippen molar-refractivity contribution in [1.82, 2.24) is 25.0 Å². The Morgan fingerprint density at radius 2 is 1.92 bits per heavy atom. The van der Waals surface area contributed by atoms with Crippen molar-refractivity contribution in [2.24, 2.45) is 0 Å². The van der Waals surface area contributed by atoms with Gasteiger partial charge in [-0.2, -0.15) is 5.10 Å². The quantitative estimate of drug-likeness (QED) is 0.753. The van der Waals surface area contributed by atoms with Crippen molar-refractivity contribution in [3.8, 4) is 0 Å². The number of hydrogen-bond donors (Lipinski definition) is 1. The Labute approximate surface area is 147 Å². The van der Waals surface area contributed by atoms with Gasteiger partial charge in [0.25, 0.3) is 0 Å². The molecule has 0 radical (unpaired) electrons. The van der Waals surface area contributed by atoms with Crippen molar-refractivity contribution in [2.45, 2.75) is 19.6 Å². The topological polar surface area (TPSA) is 63.1 Å². The predicted octanol–water partition coefficient (Wildman–Crippen LogP) is 2.67. The fourth-order valence-corrected chi connectivity index (χ4v) is 2.47. The number of nitrogens with zero attached hydrogens (tertiary/aromatic N) is 4. The molecule has 6 heteroatoms. The smallest absolute Gasteiger partial charge is 0.317 e. The lowest BCUT2D eigenvalue weighted by Gasteiger charge is -2.17. The van der Waals surface area contributed by atoms with E-state index in [2.05, 4.69) is 27.5 Å². The van der Waals surface area contributed by atoms with E-state index in [-0.39, 0.29) is 6.03 Å². The van der Waals surface area contributed by atoms with Crippen LogP contribution in [0.5, 0.6) is 0 Å². The Kier molecular flexibility index (Phi) is 5.41. The molecule has 1 N–H and O–H groups in total. The van der Waals surface area contributed by atoms with Crippen LogP contribution in [0.15, 0.2) is 67.1 Å². The molecule has 0 aliphatic heterocycles. The van der Waals surface area contributed by atoms with E-state index in [1.54, 1.807) is 24.3 Å². The normalized spacial score (nSPS) is 10.4. The van der Waals surface area contributed by atoms with Crippen LogP contribution in [0.1, 0.15) is 16.8 Å². The molecule has 2 heterocycles. The second-order valence-corrected chi connectivity index (χ2v) is 5.87. The van der Waals surface area contributed by atoms with E-state index in [0.717, 1.165) is 11.3 Å². The summed E-state index contributed by atoms with van der Waals surface area (Å²) >= 11 is 0. The van der Waals surface area contributed by atoms with Gasteiger partial charge in [-0.25, -0.2) is 4.79 Å². The fraction of sp³-hybridized carbons (Fsp3) is 0.211. The predicted molar refractivity (Wildman–Crippen MR) is 95.7 cm³/mol. The number of hydrogen-bond acceptors (Lipinski definition) is 3. The Hall–Kier alpha value is -3.15. The van der Waals surface area contributed by atoms with E-state index >= 15 is 0 Å². The number of carbonyl (C=O) groups excluding carboxylic acids is 1. The molecule has 2 aromatic heterocycles. The van der Waals surface area contributed by atoms with E-state index in [9.17, 15) is 4.79 Å². The van der Waals surface area contributed by atoms with Crippen LogP contribution in [-0.2, 0) is 19.6 Å². The van der Waals surface area contributed by atoms with Crippen molar-refractivity contribution in [3.63, 3.8) is 0 Å². The number of amides is 2. The minimum Gasteiger partial charge on any atom is -0.334 e. The average molecular weight is 335 g/mol. The van der Waals surface area contributed by atoms with Crippen LogP contribution in [0.2, 0.25) is 0 Å². The molecule has 0 unspecified atom stereocenters. The molecule has 0 bridgehead atoms. The second kappa shape index (κ2) is 8.10. The summed E-state index contributed by atoms with van der Waals surface area (Å²) in [7, 11) is 1.75. The first kappa shape index (κ1) is 16.7. The number of pyridine rings is 1. The van der Waals surface area contributed by atoms with Crippen molar-refractivity contribution >= 4 is 6.03 Å². The Morgan fingerprint density at radius 3 is 2.68 bits per heavy atom. The van der Waals surface area contributed by atoms with Crippen LogP contribution >= 0.6 is 0 Å². The van der Waals surface area contributed by atoms with Gasteiger partial charge < -0.3 is 10.2 Å². The molecule has 1 aromatic carbocycles. The van der Waals surface area contributed by atoms with E-state index in [0.29, 0.717) is 19.6 Å². The number of urea groups is 1. The van der Waals surface area contributed by atoms with Crippen molar-refractivity contribution < 1.29 is 4.79 Å². The van der Waals surface area contributed by atoms with Gasteiger partial charge in [-0.3, -0.25) is 9.67 Å². The van der Waals surface area contributed by atoms with Gasteiger partial charge in [0.2, 0.25) is 0 Å². The zero-order valence-electron chi connectivity index (χ0n) is 14.2. The molecule has 128 valence electrons. The van der Waals surface area contributed by atoms with Crippen LogP contribution in [0.25, 0.3) is 0 Å². The van der Waals surface area contributed by atoms with Crippen LogP contribution in [0, 0.1) is 0 Å². The highest BCUT2D eigenvalue weighted by molar-refractivity contribution is 5.73. The minimum atomic E-state index is -0.138. The summed E-state index contributed by atoms with van der Waals surface area (Å²) in [5.41, 5.74) is 3.02. The van der Waals surface area contributed by atoms with Gasteiger partial charge in [0.1, 0.15) is 0 Å². The summed E-state index contributed by atoms with van der Waals surface area (Å²) in [5, 5.41) is 7.25. The summed E-state index contributed by atoms with van der Waals surface area (Å²) in [6, 6.07) is 15.7. The van der Waals surface area contributed by atoms with Crippen LogP contribution in [0.4, 0.5) is 4.79 Å². The lowest BCUT2D eigenvalue weighted by molar-refractivity contribution is 0.206. The molecule has 3 rings (SSSR count). The summed E-state index contributed by atoms with van der Waals surface area (Å²) in [4.78, 5) is 18.0. The first-order valence-corrected chi connectivity index (χ1v) is 8.15. The SMILES string of the molecule is CN(Cc1ccccn1)C(=O)NCc1cnn(Cc2ccccc2)c1. The average Bonchev–Trinajstić information content (AvgIpc) is 3.08. The first-order valence-electron chi connectivity index (χ1n) is 8.15. The van der Waals surface area contributed by atoms with Crippen LogP contribution in [-0.4, -0.2) is 32.7 Å². The Balaban J connectivity index is 1.49. The van der Waals surface area contributed by atoms with Crippen molar-refractivity contribution in [3.05, 3.63) is 83.9 Å². The fourth-order valence-electron chi connectivity index (χ4n) is 2.47. The van der Waals surface area contributed by atoms with E-state index in [4.69, 9.17) is 0 Å². The first-order chi connectivity index (χ1) is 12.2. The summed E-state index contributed by atoms with van der Waals surface area (Å²) in [6.45, 7) is 1.63. The monoisotopic (exact) mass is 335 g/mol. The Bertz CT molecular complexity index is 801. The summed E-state index contributed by atoms with van der Waals surface area (Å²) in [6.07, 6.45) is 5.45. The molecule has 0 saturated heterocycles. The molecule has 0 fully saturated rings. The molecule has 3 aromatic rings. The molecule has 0 saturated carbocycles. The van der Waals surface area contributed by atoms with Gasteiger partial charge in [-0.15, -0.1) is 0 Å². The maximum Gasteiger partial charge on any atom is 0.317 e. The number of benzene rings is 1. The molecule has 0 spiro atoms. The number of aromatic nitrogens is 3. The molecule has 0 atom stereocenters. The molecular formula is C19H21N5O. The Morgan fingerprint density at radius 1 is 1.12 bits per heavy atom. The third-order valence-electron chi connectivity index (χ3n) is 3.79. The second-order valence-electron chi connectivity index (χ2n) is 5.87. The minimum absolute atomic E-state index is 0.138. The standard InChI is InChI=1S/C19H21N5O/c1-23(15-18-9-5-6-10-20-18)19(25)21-11-17-12-22-24(14-17)13-16-7-3-2-4-8-16/h2-10,12,14H,11,13,15H2,1H3,(H,21,25). The molecule has 25 heavy (non-hydrogen) atoms.